The Bertz CT molecular complexity index is 667. The first kappa shape index (κ1) is 17.9. The van der Waals surface area contributed by atoms with Gasteiger partial charge in [-0.2, -0.15) is 0 Å². The lowest BCUT2D eigenvalue weighted by molar-refractivity contribution is -0.384. The van der Waals surface area contributed by atoms with Crippen molar-refractivity contribution in [1.82, 2.24) is 0 Å². The van der Waals surface area contributed by atoms with Crippen LogP contribution in [0, 0.1) is 27.4 Å². The quantitative estimate of drug-likeness (QED) is 0.430. The predicted molar refractivity (Wildman–Crippen MR) is 95.4 cm³/mol. The number of ether oxygens (including phenoxy) is 1. The number of nitro benzene ring substituents is 1. The van der Waals surface area contributed by atoms with Crippen LogP contribution < -0.4 is 0 Å². The Morgan fingerprint density at radius 1 is 1.20 bits per heavy atom. The second-order valence-electron chi connectivity index (χ2n) is 8.45. The molecule has 5 nitrogen and oxygen atoms in total. The summed E-state index contributed by atoms with van der Waals surface area (Å²) >= 11 is 0. The molecule has 1 aromatic carbocycles. The molecule has 0 spiro atoms. The number of fused-ring (bicyclic) bond motifs is 1. The zero-order valence-corrected chi connectivity index (χ0v) is 15.3. The molecular formula is C20H27NO4. The summed E-state index contributed by atoms with van der Waals surface area (Å²) in [5, 5.41) is 10.7. The Hall–Kier alpha value is -1.91. The molecule has 0 N–H and O–H groups in total. The number of hydrogen-bond donors (Lipinski definition) is 0. The second-order valence-corrected chi connectivity index (χ2v) is 8.45. The highest BCUT2D eigenvalue weighted by Gasteiger charge is 2.52. The van der Waals surface area contributed by atoms with Crippen molar-refractivity contribution in [2.24, 2.45) is 17.3 Å². The van der Waals surface area contributed by atoms with Crippen LogP contribution in [0.25, 0.3) is 0 Å². The highest BCUT2D eigenvalue weighted by Crippen LogP contribution is 2.57. The fourth-order valence-corrected chi connectivity index (χ4v) is 5.04. The third kappa shape index (κ3) is 3.42. The van der Waals surface area contributed by atoms with Crippen LogP contribution in [0.1, 0.15) is 69.7 Å². The Labute approximate surface area is 148 Å². The Kier molecular flexibility index (Phi) is 4.60. The SMILES string of the molecule is CC(C)(OC(=O)c1ccc([N+](=O)[O-])cc1)[C@@H]1CC[C@]2(C)CCCC[C@@H]12. The largest absolute Gasteiger partial charge is 0.456 e. The van der Waals surface area contributed by atoms with Crippen molar-refractivity contribution in [2.75, 3.05) is 0 Å². The van der Waals surface area contributed by atoms with Gasteiger partial charge in [-0.25, -0.2) is 4.79 Å². The molecule has 25 heavy (non-hydrogen) atoms. The number of nitrogens with zero attached hydrogens (tertiary/aromatic N) is 1. The van der Waals surface area contributed by atoms with E-state index in [1.54, 1.807) is 0 Å². The Balaban J connectivity index is 1.72. The average molecular weight is 345 g/mol. The minimum Gasteiger partial charge on any atom is -0.456 e. The van der Waals surface area contributed by atoms with Crippen molar-refractivity contribution in [2.45, 2.75) is 64.9 Å². The molecule has 0 aromatic heterocycles. The van der Waals surface area contributed by atoms with Gasteiger partial charge in [0.15, 0.2) is 0 Å². The summed E-state index contributed by atoms with van der Waals surface area (Å²) in [7, 11) is 0. The highest BCUT2D eigenvalue weighted by atomic mass is 16.6. The molecule has 136 valence electrons. The maximum absolute atomic E-state index is 12.5. The number of rotatable bonds is 4. The monoisotopic (exact) mass is 345 g/mol. The summed E-state index contributed by atoms with van der Waals surface area (Å²) in [5.41, 5.74) is 0.200. The minimum absolute atomic E-state index is 0.0235. The third-order valence-corrected chi connectivity index (χ3v) is 6.48. The van der Waals surface area contributed by atoms with Crippen LogP contribution in [0.4, 0.5) is 5.69 Å². The normalized spacial score (nSPS) is 29.1. The molecule has 0 unspecified atom stereocenters. The van der Waals surface area contributed by atoms with Gasteiger partial charge in [-0.15, -0.1) is 0 Å². The standard InChI is InChI=1S/C20H27NO4/c1-19(2,16-11-13-20(3)12-5-4-6-17(16)20)25-18(22)14-7-9-15(10-8-14)21(23)24/h7-10,16-17H,4-6,11-13H2,1-3H3/t16-,17+,20+/m1/s1. The molecular weight excluding hydrogens is 318 g/mol. The van der Waals surface area contributed by atoms with Gasteiger partial charge in [-0.3, -0.25) is 10.1 Å². The lowest BCUT2D eigenvalue weighted by atomic mass is 9.65. The van der Waals surface area contributed by atoms with Gasteiger partial charge >= 0.3 is 5.97 Å². The molecule has 2 aliphatic rings. The van der Waals surface area contributed by atoms with Crippen LogP contribution in [0.15, 0.2) is 24.3 Å². The van der Waals surface area contributed by atoms with Gasteiger partial charge in [0.25, 0.3) is 5.69 Å². The molecule has 1 aromatic rings. The van der Waals surface area contributed by atoms with Crippen molar-refractivity contribution < 1.29 is 14.5 Å². The summed E-state index contributed by atoms with van der Waals surface area (Å²) in [6, 6.07) is 5.63. The summed E-state index contributed by atoms with van der Waals surface area (Å²) in [6.45, 7) is 6.42. The van der Waals surface area contributed by atoms with Crippen LogP contribution >= 0.6 is 0 Å². The van der Waals surface area contributed by atoms with Crippen LogP contribution in [0.5, 0.6) is 0 Å². The van der Waals surface area contributed by atoms with Crippen LogP contribution in [-0.4, -0.2) is 16.5 Å². The van der Waals surface area contributed by atoms with E-state index in [-0.39, 0.29) is 5.69 Å². The molecule has 0 radical (unpaired) electrons. The Morgan fingerprint density at radius 3 is 2.52 bits per heavy atom. The van der Waals surface area contributed by atoms with Crippen molar-refractivity contribution in [3.63, 3.8) is 0 Å². The first-order chi connectivity index (χ1) is 11.7. The van der Waals surface area contributed by atoms with Crippen molar-refractivity contribution >= 4 is 11.7 Å². The number of carbonyl (C=O) groups is 1. The van der Waals surface area contributed by atoms with E-state index in [2.05, 4.69) is 6.92 Å². The van der Waals surface area contributed by atoms with Crippen LogP contribution in [0.2, 0.25) is 0 Å². The molecule has 0 heterocycles. The number of non-ortho nitro benzene ring substituents is 1. The van der Waals surface area contributed by atoms with E-state index in [0.717, 1.165) is 6.42 Å². The summed E-state index contributed by atoms with van der Waals surface area (Å²) in [4.78, 5) is 22.8. The number of benzene rings is 1. The lowest BCUT2D eigenvalue weighted by Crippen LogP contribution is -2.42. The zero-order valence-electron chi connectivity index (χ0n) is 15.3. The molecule has 3 atom stereocenters. The van der Waals surface area contributed by atoms with Gasteiger partial charge < -0.3 is 4.74 Å². The fraction of sp³-hybridized carbons (Fsp3) is 0.650. The summed E-state index contributed by atoms with van der Waals surface area (Å²) in [5.74, 6) is 0.588. The van der Waals surface area contributed by atoms with Gasteiger partial charge in [0.2, 0.25) is 0 Å². The van der Waals surface area contributed by atoms with Gasteiger partial charge in [0, 0.05) is 18.1 Å². The molecule has 0 bridgehead atoms. The molecule has 0 saturated heterocycles. The first-order valence-corrected chi connectivity index (χ1v) is 9.21. The summed E-state index contributed by atoms with van der Waals surface area (Å²) < 4.78 is 5.89. The molecule has 5 heteroatoms. The van der Waals surface area contributed by atoms with E-state index in [1.807, 2.05) is 13.8 Å². The van der Waals surface area contributed by atoms with E-state index in [0.29, 0.717) is 22.8 Å². The second kappa shape index (κ2) is 6.43. The van der Waals surface area contributed by atoms with Gasteiger partial charge in [-0.05, 0) is 63.0 Å². The maximum atomic E-state index is 12.5. The number of hydrogen-bond acceptors (Lipinski definition) is 4. The maximum Gasteiger partial charge on any atom is 0.338 e. The highest BCUT2D eigenvalue weighted by molar-refractivity contribution is 5.89. The first-order valence-electron chi connectivity index (χ1n) is 9.21. The Morgan fingerprint density at radius 2 is 1.88 bits per heavy atom. The van der Waals surface area contributed by atoms with E-state index in [9.17, 15) is 14.9 Å². The third-order valence-electron chi connectivity index (χ3n) is 6.48. The van der Waals surface area contributed by atoms with Crippen LogP contribution in [0.3, 0.4) is 0 Å². The minimum atomic E-state index is -0.529. The average Bonchev–Trinajstić information content (AvgIpc) is 2.92. The van der Waals surface area contributed by atoms with Crippen molar-refractivity contribution in [3.8, 4) is 0 Å². The van der Waals surface area contributed by atoms with E-state index >= 15 is 0 Å². The molecule has 2 saturated carbocycles. The molecule has 2 aliphatic carbocycles. The zero-order chi connectivity index (χ0) is 18.2. The van der Waals surface area contributed by atoms with Gasteiger partial charge in [0.05, 0.1) is 10.5 Å². The molecule has 3 rings (SSSR count). The van der Waals surface area contributed by atoms with Gasteiger partial charge in [0.1, 0.15) is 5.60 Å². The van der Waals surface area contributed by atoms with Crippen LogP contribution in [-0.2, 0) is 4.74 Å². The molecule has 2 fully saturated rings. The number of nitro groups is 1. The number of carbonyl (C=O) groups excluding carboxylic acids is 1. The van der Waals surface area contributed by atoms with E-state index in [4.69, 9.17) is 4.74 Å². The predicted octanol–water partition coefficient (Wildman–Crippen LogP) is 5.14. The summed E-state index contributed by atoms with van der Waals surface area (Å²) in [6.07, 6.45) is 7.38. The van der Waals surface area contributed by atoms with E-state index in [1.165, 1.54) is 56.4 Å². The van der Waals surface area contributed by atoms with Gasteiger partial charge in [-0.1, -0.05) is 19.8 Å². The lowest BCUT2D eigenvalue weighted by Gasteiger charge is -2.43. The molecule has 0 aliphatic heterocycles. The smallest absolute Gasteiger partial charge is 0.338 e. The van der Waals surface area contributed by atoms with Crippen molar-refractivity contribution in [1.29, 1.82) is 0 Å². The fourth-order valence-electron chi connectivity index (χ4n) is 5.04. The van der Waals surface area contributed by atoms with E-state index < -0.39 is 16.5 Å². The number of esters is 1. The van der Waals surface area contributed by atoms with Crippen molar-refractivity contribution in [3.05, 3.63) is 39.9 Å². The molecule has 0 amide bonds. The topological polar surface area (TPSA) is 69.4 Å².